The van der Waals surface area contributed by atoms with Crippen molar-refractivity contribution in [1.29, 1.82) is 0 Å². The van der Waals surface area contributed by atoms with Crippen molar-refractivity contribution in [3.63, 3.8) is 0 Å². The van der Waals surface area contributed by atoms with Crippen molar-refractivity contribution >= 4 is 6.09 Å². The van der Waals surface area contributed by atoms with Gasteiger partial charge in [0.1, 0.15) is 0 Å². The fourth-order valence-electron chi connectivity index (χ4n) is 0.945. The molecule has 0 rings (SSSR count). The zero-order chi connectivity index (χ0) is 9.40. The van der Waals surface area contributed by atoms with Crippen molar-refractivity contribution in [2.75, 3.05) is 13.2 Å². The van der Waals surface area contributed by atoms with Crippen LogP contribution in [0.3, 0.4) is 0 Å². The highest BCUT2D eigenvalue weighted by Crippen LogP contribution is 2.07. The smallest absolute Gasteiger partial charge is 0.404 e. The van der Waals surface area contributed by atoms with Gasteiger partial charge in [0.25, 0.3) is 0 Å². The zero-order valence-electron chi connectivity index (χ0n) is 7.58. The maximum Gasteiger partial charge on any atom is 0.404 e. The number of carbonyl (C=O) groups is 1. The van der Waals surface area contributed by atoms with Crippen LogP contribution < -0.4 is 11.5 Å². The molecular formula is C8H18N2O2. The topological polar surface area (TPSA) is 78.3 Å². The summed E-state index contributed by atoms with van der Waals surface area (Å²) in [6.07, 6.45) is 2.45. The molecule has 4 nitrogen and oxygen atoms in total. The lowest BCUT2D eigenvalue weighted by molar-refractivity contribution is 0.137. The molecule has 4 N–H and O–H groups in total. The Morgan fingerprint density at radius 1 is 1.50 bits per heavy atom. The first-order valence-electron chi connectivity index (χ1n) is 4.29. The van der Waals surface area contributed by atoms with Crippen LogP contribution in [0, 0.1) is 5.92 Å². The highest BCUT2D eigenvalue weighted by Gasteiger charge is 2.03. The Morgan fingerprint density at radius 2 is 2.17 bits per heavy atom. The maximum absolute atomic E-state index is 10.2. The van der Waals surface area contributed by atoms with Crippen LogP contribution in [0.1, 0.15) is 26.2 Å². The first kappa shape index (κ1) is 11.2. The van der Waals surface area contributed by atoms with Gasteiger partial charge < -0.3 is 16.2 Å². The van der Waals surface area contributed by atoms with E-state index >= 15 is 0 Å². The van der Waals surface area contributed by atoms with Crippen LogP contribution in [0.15, 0.2) is 0 Å². The van der Waals surface area contributed by atoms with Crippen LogP contribution in [0.5, 0.6) is 0 Å². The Balaban J connectivity index is 3.21. The van der Waals surface area contributed by atoms with Crippen LogP contribution in [0.4, 0.5) is 4.79 Å². The second kappa shape index (κ2) is 6.91. The lowest BCUT2D eigenvalue weighted by Crippen LogP contribution is -2.17. The quantitative estimate of drug-likeness (QED) is 0.586. The van der Waals surface area contributed by atoms with E-state index < -0.39 is 6.09 Å². The number of hydrogen-bond donors (Lipinski definition) is 2. The van der Waals surface area contributed by atoms with E-state index in [1.54, 1.807) is 0 Å². The summed E-state index contributed by atoms with van der Waals surface area (Å²) in [5.74, 6) is 0.379. The molecule has 0 saturated carbocycles. The lowest BCUT2D eigenvalue weighted by Gasteiger charge is -2.09. The minimum Gasteiger partial charge on any atom is -0.449 e. The molecule has 4 heteroatoms. The number of unbranched alkanes of at least 4 members (excludes halogenated alkanes) is 1. The van der Waals surface area contributed by atoms with Crippen molar-refractivity contribution in [3.8, 4) is 0 Å². The summed E-state index contributed by atoms with van der Waals surface area (Å²) in [7, 11) is 0. The molecule has 0 aromatic carbocycles. The second-order valence-electron chi connectivity index (χ2n) is 3.02. The van der Waals surface area contributed by atoms with Gasteiger partial charge in [0.05, 0.1) is 6.61 Å². The number of amides is 1. The Hall–Kier alpha value is -0.770. The van der Waals surface area contributed by atoms with Gasteiger partial charge in [-0.3, -0.25) is 0 Å². The van der Waals surface area contributed by atoms with Gasteiger partial charge >= 0.3 is 6.09 Å². The van der Waals surface area contributed by atoms with Crippen molar-refractivity contribution in [2.24, 2.45) is 17.4 Å². The molecule has 0 saturated heterocycles. The molecule has 0 aliphatic heterocycles. The molecule has 0 bridgehead atoms. The van der Waals surface area contributed by atoms with Crippen molar-refractivity contribution in [3.05, 3.63) is 0 Å². The van der Waals surface area contributed by atoms with Gasteiger partial charge in [0.15, 0.2) is 0 Å². The maximum atomic E-state index is 10.2. The predicted octanol–water partition coefficient (Wildman–Crippen LogP) is 0.847. The van der Waals surface area contributed by atoms with Crippen LogP contribution in [-0.4, -0.2) is 19.2 Å². The normalized spacial score (nSPS) is 12.5. The minimum absolute atomic E-state index is 0.379. The molecule has 1 atom stereocenters. The summed E-state index contributed by atoms with van der Waals surface area (Å²) in [6.45, 7) is 3.17. The fraction of sp³-hybridized carbons (Fsp3) is 0.875. The van der Waals surface area contributed by atoms with Gasteiger partial charge in [-0.1, -0.05) is 13.3 Å². The van der Waals surface area contributed by atoms with E-state index in [1.165, 1.54) is 0 Å². The highest BCUT2D eigenvalue weighted by atomic mass is 16.5. The molecular weight excluding hydrogens is 156 g/mol. The summed E-state index contributed by atoms with van der Waals surface area (Å²) in [6, 6.07) is 0. The van der Waals surface area contributed by atoms with E-state index in [0.29, 0.717) is 12.5 Å². The SMILES string of the molecule is CC(CCCCN)COC(N)=O. The Kier molecular flexibility index (Phi) is 6.47. The van der Waals surface area contributed by atoms with Gasteiger partial charge in [0, 0.05) is 0 Å². The molecule has 72 valence electrons. The largest absolute Gasteiger partial charge is 0.449 e. The Labute approximate surface area is 73.2 Å². The summed E-state index contributed by atoms with van der Waals surface area (Å²) >= 11 is 0. The van der Waals surface area contributed by atoms with E-state index in [-0.39, 0.29) is 0 Å². The van der Waals surface area contributed by atoms with Gasteiger partial charge in [-0.2, -0.15) is 0 Å². The first-order valence-corrected chi connectivity index (χ1v) is 4.29. The average molecular weight is 174 g/mol. The Bertz CT molecular complexity index is 128. The number of ether oxygens (including phenoxy) is 1. The third-order valence-electron chi connectivity index (χ3n) is 1.66. The number of primary amides is 1. The summed E-state index contributed by atoms with van der Waals surface area (Å²) in [5.41, 5.74) is 10.1. The molecule has 12 heavy (non-hydrogen) atoms. The molecule has 0 aliphatic carbocycles. The summed E-state index contributed by atoms with van der Waals surface area (Å²) < 4.78 is 4.64. The lowest BCUT2D eigenvalue weighted by atomic mass is 10.1. The van der Waals surface area contributed by atoms with Crippen molar-refractivity contribution in [2.45, 2.75) is 26.2 Å². The van der Waals surface area contributed by atoms with Crippen molar-refractivity contribution < 1.29 is 9.53 Å². The molecule has 0 aromatic rings. The molecule has 0 radical (unpaired) electrons. The van der Waals surface area contributed by atoms with E-state index in [9.17, 15) is 4.79 Å². The number of rotatable bonds is 6. The van der Waals surface area contributed by atoms with Gasteiger partial charge in [-0.05, 0) is 25.3 Å². The van der Waals surface area contributed by atoms with Gasteiger partial charge in [0.2, 0.25) is 0 Å². The zero-order valence-corrected chi connectivity index (χ0v) is 7.58. The third-order valence-corrected chi connectivity index (χ3v) is 1.66. The molecule has 0 fully saturated rings. The van der Waals surface area contributed by atoms with E-state index in [4.69, 9.17) is 11.5 Å². The fourth-order valence-corrected chi connectivity index (χ4v) is 0.945. The highest BCUT2D eigenvalue weighted by molar-refractivity contribution is 5.64. The number of nitrogens with two attached hydrogens (primary N) is 2. The van der Waals surface area contributed by atoms with Crippen LogP contribution in [0.25, 0.3) is 0 Å². The van der Waals surface area contributed by atoms with Crippen LogP contribution in [0.2, 0.25) is 0 Å². The van der Waals surface area contributed by atoms with Crippen molar-refractivity contribution in [1.82, 2.24) is 0 Å². The van der Waals surface area contributed by atoms with Gasteiger partial charge in [-0.25, -0.2) is 4.79 Å². The first-order chi connectivity index (χ1) is 5.66. The number of hydrogen-bond acceptors (Lipinski definition) is 3. The monoisotopic (exact) mass is 174 g/mol. The van der Waals surface area contributed by atoms with E-state index in [1.807, 2.05) is 6.92 Å². The molecule has 0 spiro atoms. The standard InChI is InChI=1S/C8H18N2O2/c1-7(4-2-3-5-9)6-12-8(10)11/h7H,2-6,9H2,1H3,(H2,10,11). The average Bonchev–Trinajstić information content (AvgIpc) is 2.01. The van der Waals surface area contributed by atoms with Crippen LogP contribution in [-0.2, 0) is 4.74 Å². The molecule has 0 heterocycles. The molecule has 0 aromatic heterocycles. The minimum atomic E-state index is -0.694. The molecule has 1 amide bonds. The summed E-state index contributed by atoms with van der Waals surface area (Å²) in [5, 5.41) is 0. The predicted molar refractivity (Wildman–Crippen MR) is 47.6 cm³/mol. The summed E-state index contributed by atoms with van der Waals surface area (Å²) in [4.78, 5) is 10.2. The second-order valence-corrected chi connectivity index (χ2v) is 3.02. The number of carbonyl (C=O) groups excluding carboxylic acids is 1. The third kappa shape index (κ3) is 7.34. The molecule has 1 unspecified atom stereocenters. The molecule has 0 aliphatic rings. The van der Waals surface area contributed by atoms with Crippen LogP contribution >= 0.6 is 0 Å². The Morgan fingerprint density at radius 3 is 2.67 bits per heavy atom. The van der Waals surface area contributed by atoms with Gasteiger partial charge in [-0.15, -0.1) is 0 Å². The van der Waals surface area contributed by atoms with E-state index in [2.05, 4.69) is 4.74 Å². The van der Waals surface area contributed by atoms with E-state index in [0.717, 1.165) is 25.8 Å².